The number of thiol groups is 1. The lowest BCUT2D eigenvalue weighted by molar-refractivity contribution is -0.107. The second-order valence-corrected chi connectivity index (χ2v) is 2.35. The minimum Gasteiger partial charge on any atom is -0.282 e. The van der Waals surface area contributed by atoms with Crippen molar-refractivity contribution in [2.45, 2.75) is 12.8 Å². The summed E-state index contributed by atoms with van der Waals surface area (Å²) in [6, 6.07) is 0. The molecule has 0 saturated carbocycles. The fraction of sp³-hybridized carbons (Fsp3) is 0.286. The highest BCUT2D eigenvalue weighted by Gasteiger charge is 2.01. The van der Waals surface area contributed by atoms with Crippen LogP contribution in [0.15, 0.2) is 23.8 Å². The number of carbonyl (C=O) groups excluding carboxylic acids is 1. The molecule has 48 valence electrons. The van der Waals surface area contributed by atoms with Crippen LogP contribution < -0.4 is 0 Å². The van der Waals surface area contributed by atoms with Gasteiger partial charge in [-0.15, -0.1) is 12.6 Å². The first-order valence-corrected chi connectivity index (χ1v) is 3.35. The molecule has 0 N–H and O–H groups in total. The summed E-state index contributed by atoms with van der Waals surface area (Å²) in [5, 5.41) is -0.133. The zero-order valence-corrected chi connectivity index (χ0v) is 5.90. The fourth-order valence-electron chi connectivity index (χ4n) is 0.772. The van der Waals surface area contributed by atoms with Crippen LogP contribution in [0.5, 0.6) is 0 Å². The topological polar surface area (TPSA) is 17.1 Å². The molecule has 0 radical (unpaired) electrons. The number of allylic oxidation sites excluding steroid dienone is 3. The third kappa shape index (κ3) is 1.72. The van der Waals surface area contributed by atoms with E-state index in [-0.39, 0.29) is 5.12 Å². The van der Waals surface area contributed by atoms with Crippen LogP contribution in [0.1, 0.15) is 12.8 Å². The summed E-state index contributed by atoms with van der Waals surface area (Å²) in [5.41, 5.74) is 0.726. The van der Waals surface area contributed by atoms with Gasteiger partial charge < -0.3 is 0 Å². The van der Waals surface area contributed by atoms with Crippen molar-refractivity contribution < 1.29 is 4.79 Å². The molecular formula is C7H8OS. The van der Waals surface area contributed by atoms with E-state index in [1.54, 1.807) is 0 Å². The molecule has 0 amide bonds. The predicted molar refractivity (Wildman–Crippen MR) is 40.5 cm³/mol. The number of hydrogen-bond acceptors (Lipinski definition) is 1. The molecule has 0 aromatic carbocycles. The van der Waals surface area contributed by atoms with E-state index < -0.39 is 0 Å². The van der Waals surface area contributed by atoms with Gasteiger partial charge in [-0.3, -0.25) is 4.79 Å². The van der Waals surface area contributed by atoms with Crippen molar-refractivity contribution >= 4 is 17.7 Å². The summed E-state index contributed by atoms with van der Waals surface area (Å²) in [6.07, 6.45) is 7.74. The lowest BCUT2D eigenvalue weighted by Crippen LogP contribution is -1.92. The molecule has 0 bridgehead atoms. The molecule has 0 spiro atoms. The van der Waals surface area contributed by atoms with E-state index in [0.29, 0.717) is 0 Å². The molecule has 1 aliphatic rings. The first kappa shape index (κ1) is 6.62. The van der Waals surface area contributed by atoms with Crippen molar-refractivity contribution in [3.8, 4) is 0 Å². The van der Waals surface area contributed by atoms with Crippen LogP contribution in [-0.2, 0) is 4.79 Å². The van der Waals surface area contributed by atoms with Crippen LogP contribution in [-0.4, -0.2) is 5.12 Å². The monoisotopic (exact) mass is 140 g/mol. The van der Waals surface area contributed by atoms with Crippen LogP contribution in [0.2, 0.25) is 0 Å². The lowest BCUT2D eigenvalue weighted by atomic mass is 10.1. The van der Waals surface area contributed by atoms with Gasteiger partial charge in [0.25, 0.3) is 0 Å². The van der Waals surface area contributed by atoms with Gasteiger partial charge in [-0.1, -0.05) is 18.2 Å². The molecule has 0 unspecified atom stereocenters. The zero-order valence-electron chi connectivity index (χ0n) is 5.00. The lowest BCUT2D eigenvalue weighted by Gasteiger charge is -1.99. The Hall–Kier alpha value is -0.500. The normalized spacial score (nSPS) is 17.2. The number of hydrogen-bond donors (Lipinski definition) is 1. The molecule has 2 heteroatoms. The third-order valence-corrected chi connectivity index (χ3v) is 1.50. The largest absolute Gasteiger partial charge is 0.282 e. The van der Waals surface area contributed by atoms with E-state index in [2.05, 4.69) is 12.6 Å². The van der Waals surface area contributed by atoms with Crippen LogP contribution in [0.4, 0.5) is 0 Å². The Kier molecular flexibility index (Phi) is 2.11. The standard InChI is InChI=1S/C7H8OS/c8-7(9)6-4-2-1-3-5-6/h2,4-5H,1,3H2,(H,8,9). The van der Waals surface area contributed by atoms with E-state index >= 15 is 0 Å². The molecule has 1 rings (SSSR count). The maximum absolute atomic E-state index is 10.5. The highest BCUT2D eigenvalue weighted by molar-refractivity contribution is 7.97. The van der Waals surface area contributed by atoms with Gasteiger partial charge in [0.15, 0.2) is 0 Å². The predicted octanol–water partition coefficient (Wildman–Crippen LogP) is 1.72. The number of carbonyl (C=O) groups is 1. The summed E-state index contributed by atoms with van der Waals surface area (Å²) >= 11 is 3.68. The molecule has 1 aliphatic carbocycles. The minimum atomic E-state index is -0.133. The Morgan fingerprint density at radius 1 is 1.56 bits per heavy atom. The Labute approximate surface area is 59.9 Å². The Bertz CT molecular complexity index is 179. The first-order chi connectivity index (χ1) is 4.30. The molecule has 1 nitrogen and oxygen atoms in total. The van der Waals surface area contributed by atoms with E-state index in [0.717, 1.165) is 18.4 Å². The van der Waals surface area contributed by atoms with Crippen molar-refractivity contribution in [2.75, 3.05) is 0 Å². The van der Waals surface area contributed by atoms with Crippen LogP contribution in [0.3, 0.4) is 0 Å². The minimum absolute atomic E-state index is 0.133. The van der Waals surface area contributed by atoms with E-state index in [1.165, 1.54) is 0 Å². The van der Waals surface area contributed by atoms with Gasteiger partial charge in [-0.25, -0.2) is 0 Å². The van der Waals surface area contributed by atoms with E-state index in [9.17, 15) is 4.79 Å². The summed E-state index contributed by atoms with van der Waals surface area (Å²) in [5.74, 6) is 0. The van der Waals surface area contributed by atoms with Crippen molar-refractivity contribution in [3.63, 3.8) is 0 Å². The summed E-state index contributed by atoms with van der Waals surface area (Å²) in [4.78, 5) is 10.5. The molecular weight excluding hydrogens is 132 g/mol. The highest BCUT2D eigenvalue weighted by Crippen LogP contribution is 2.11. The van der Waals surface area contributed by atoms with Crippen molar-refractivity contribution in [2.24, 2.45) is 0 Å². The summed E-state index contributed by atoms with van der Waals surface area (Å²) in [6.45, 7) is 0. The Morgan fingerprint density at radius 3 is 2.67 bits per heavy atom. The van der Waals surface area contributed by atoms with Crippen molar-refractivity contribution in [3.05, 3.63) is 23.8 Å². The van der Waals surface area contributed by atoms with E-state index in [1.807, 2.05) is 18.2 Å². The van der Waals surface area contributed by atoms with Crippen molar-refractivity contribution in [1.29, 1.82) is 0 Å². The van der Waals surface area contributed by atoms with Gasteiger partial charge in [-0.2, -0.15) is 0 Å². The van der Waals surface area contributed by atoms with E-state index in [4.69, 9.17) is 0 Å². The average Bonchev–Trinajstić information content (AvgIpc) is 1.90. The maximum Gasteiger partial charge on any atom is 0.215 e. The van der Waals surface area contributed by atoms with Crippen LogP contribution >= 0.6 is 12.6 Å². The highest BCUT2D eigenvalue weighted by atomic mass is 32.1. The summed E-state index contributed by atoms with van der Waals surface area (Å²) < 4.78 is 0. The third-order valence-electron chi connectivity index (χ3n) is 1.24. The zero-order chi connectivity index (χ0) is 6.69. The fourth-order valence-corrected chi connectivity index (χ4v) is 0.938. The van der Waals surface area contributed by atoms with Crippen LogP contribution in [0, 0.1) is 0 Å². The molecule has 0 aromatic heterocycles. The molecule has 0 fully saturated rings. The second kappa shape index (κ2) is 2.87. The quantitative estimate of drug-likeness (QED) is 0.549. The maximum atomic E-state index is 10.5. The molecule has 0 atom stereocenters. The number of rotatable bonds is 1. The Morgan fingerprint density at radius 2 is 2.33 bits per heavy atom. The molecule has 9 heavy (non-hydrogen) atoms. The van der Waals surface area contributed by atoms with Crippen molar-refractivity contribution in [1.82, 2.24) is 0 Å². The van der Waals surface area contributed by atoms with Crippen LogP contribution in [0.25, 0.3) is 0 Å². The smallest absolute Gasteiger partial charge is 0.215 e. The molecule has 0 heterocycles. The van der Waals surface area contributed by atoms with Gasteiger partial charge >= 0.3 is 0 Å². The van der Waals surface area contributed by atoms with Gasteiger partial charge in [0.05, 0.1) is 0 Å². The first-order valence-electron chi connectivity index (χ1n) is 2.90. The van der Waals surface area contributed by atoms with Gasteiger partial charge in [0, 0.05) is 5.57 Å². The molecule has 0 aromatic rings. The van der Waals surface area contributed by atoms with Gasteiger partial charge in [0.1, 0.15) is 0 Å². The Balaban J connectivity index is 2.69. The second-order valence-electron chi connectivity index (χ2n) is 1.94. The molecule has 0 saturated heterocycles. The summed E-state index contributed by atoms with van der Waals surface area (Å²) in [7, 11) is 0. The average molecular weight is 140 g/mol. The van der Waals surface area contributed by atoms with Gasteiger partial charge in [-0.05, 0) is 12.8 Å². The van der Waals surface area contributed by atoms with Gasteiger partial charge in [0.2, 0.25) is 5.12 Å². The SMILES string of the molecule is O=C(S)C1=CCCC=C1. The molecule has 0 aliphatic heterocycles.